The fourth-order valence-electron chi connectivity index (χ4n) is 2.26. The molecule has 1 fully saturated rings. The van der Waals surface area contributed by atoms with Gasteiger partial charge in [0.25, 0.3) is 0 Å². The molecule has 1 aliphatic rings. The van der Waals surface area contributed by atoms with Crippen molar-refractivity contribution in [1.29, 1.82) is 0 Å². The van der Waals surface area contributed by atoms with E-state index in [4.69, 9.17) is 0 Å². The molecule has 3 heteroatoms. The van der Waals surface area contributed by atoms with Gasteiger partial charge < -0.3 is 10.2 Å². The van der Waals surface area contributed by atoms with E-state index in [1.54, 1.807) is 0 Å². The maximum Gasteiger partial charge on any atom is 0.0172 e. The van der Waals surface area contributed by atoms with E-state index in [-0.39, 0.29) is 0 Å². The van der Waals surface area contributed by atoms with Gasteiger partial charge in [-0.25, -0.2) is 0 Å². The van der Waals surface area contributed by atoms with Crippen molar-refractivity contribution in [1.82, 2.24) is 10.2 Å². The number of thioether (sulfide) groups is 1. The van der Waals surface area contributed by atoms with Crippen LogP contribution in [0, 0.1) is 0 Å². The summed E-state index contributed by atoms with van der Waals surface area (Å²) in [6, 6.07) is 0.638. The average Bonchev–Trinajstić information content (AvgIpc) is 2.33. The van der Waals surface area contributed by atoms with E-state index in [0.29, 0.717) is 6.04 Å². The molecule has 0 bridgehead atoms. The number of rotatable bonds is 8. The topological polar surface area (TPSA) is 15.3 Å². The molecule has 1 heterocycles. The average molecular weight is 258 g/mol. The fourth-order valence-corrected chi connectivity index (χ4v) is 3.51. The molecule has 0 aliphatic carbocycles. The van der Waals surface area contributed by atoms with Crippen LogP contribution in [-0.4, -0.2) is 48.1 Å². The Kier molecular flexibility index (Phi) is 8.33. The lowest BCUT2D eigenvalue weighted by molar-refractivity contribution is 0.274. The number of nitrogens with zero attached hydrogens (tertiary/aromatic N) is 1. The first-order valence-corrected chi connectivity index (χ1v) is 8.34. The van der Waals surface area contributed by atoms with Gasteiger partial charge in [-0.05, 0) is 32.4 Å². The van der Waals surface area contributed by atoms with Crippen LogP contribution in [0.4, 0.5) is 0 Å². The molecule has 1 saturated heterocycles. The van der Waals surface area contributed by atoms with Gasteiger partial charge in [-0.2, -0.15) is 11.8 Å². The molecule has 17 heavy (non-hydrogen) atoms. The van der Waals surface area contributed by atoms with Gasteiger partial charge in [0.2, 0.25) is 0 Å². The lowest BCUT2D eigenvalue weighted by Crippen LogP contribution is -2.38. The fraction of sp³-hybridized carbons (Fsp3) is 1.00. The maximum atomic E-state index is 3.48. The summed E-state index contributed by atoms with van der Waals surface area (Å²) < 4.78 is 0. The monoisotopic (exact) mass is 258 g/mol. The van der Waals surface area contributed by atoms with Crippen LogP contribution >= 0.6 is 11.8 Å². The van der Waals surface area contributed by atoms with E-state index in [0.717, 1.165) is 5.25 Å². The van der Waals surface area contributed by atoms with E-state index >= 15 is 0 Å². The smallest absolute Gasteiger partial charge is 0.0172 e. The normalized spacial score (nSPS) is 22.2. The molecule has 2 nitrogen and oxygen atoms in total. The summed E-state index contributed by atoms with van der Waals surface area (Å²) in [4.78, 5) is 2.67. The SMILES string of the molecule is CCC1CN(CCCCCNC(C)C)CCS1. The Morgan fingerprint density at radius 2 is 2.12 bits per heavy atom. The van der Waals surface area contributed by atoms with E-state index in [1.165, 1.54) is 57.6 Å². The molecule has 1 N–H and O–H groups in total. The van der Waals surface area contributed by atoms with Gasteiger partial charge >= 0.3 is 0 Å². The van der Waals surface area contributed by atoms with Crippen LogP contribution in [0.1, 0.15) is 46.5 Å². The molecule has 0 radical (unpaired) electrons. The lowest BCUT2D eigenvalue weighted by Gasteiger charge is -2.31. The van der Waals surface area contributed by atoms with Crippen molar-refractivity contribution in [2.75, 3.05) is 31.9 Å². The van der Waals surface area contributed by atoms with Gasteiger partial charge in [0.05, 0.1) is 0 Å². The van der Waals surface area contributed by atoms with Crippen LogP contribution < -0.4 is 5.32 Å². The minimum atomic E-state index is 0.638. The maximum absolute atomic E-state index is 3.48. The van der Waals surface area contributed by atoms with Crippen molar-refractivity contribution in [3.63, 3.8) is 0 Å². The Morgan fingerprint density at radius 3 is 2.82 bits per heavy atom. The third-order valence-corrected chi connectivity index (χ3v) is 4.75. The molecule has 0 amide bonds. The predicted octanol–water partition coefficient (Wildman–Crippen LogP) is 2.98. The Bertz CT molecular complexity index is 185. The largest absolute Gasteiger partial charge is 0.315 e. The van der Waals surface area contributed by atoms with Gasteiger partial charge in [0.1, 0.15) is 0 Å². The first kappa shape index (κ1) is 15.3. The Hall–Kier alpha value is 0.270. The number of nitrogens with one attached hydrogen (secondary N) is 1. The van der Waals surface area contributed by atoms with Gasteiger partial charge in [-0.3, -0.25) is 0 Å². The Morgan fingerprint density at radius 1 is 1.29 bits per heavy atom. The first-order chi connectivity index (χ1) is 8.22. The zero-order valence-corrected chi connectivity index (χ0v) is 12.7. The minimum absolute atomic E-state index is 0.638. The minimum Gasteiger partial charge on any atom is -0.315 e. The van der Waals surface area contributed by atoms with Crippen molar-refractivity contribution in [2.45, 2.75) is 57.7 Å². The summed E-state index contributed by atoms with van der Waals surface area (Å²) in [5, 5.41) is 4.38. The predicted molar refractivity (Wildman–Crippen MR) is 80.0 cm³/mol. The third-order valence-electron chi connectivity index (χ3n) is 3.38. The quantitative estimate of drug-likeness (QED) is 0.674. The number of hydrogen-bond acceptors (Lipinski definition) is 3. The lowest BCUT2D eigenvalue weighted by atomic mass is 10.2. The Labute approximate surface area is 112 Å². The van der Waals surface area contributed by atoms with Crippen molar-refractivity contribution in [3.8, 4) is 0 Å². The van der Waals surface area contributed by atoms with Gasteiger partial charge in [-0.1, -0.05) is 27.2 Å². The molecular formula is C14H30N2S. The standard InChI is InChI=1S/C14H30N2S/c1-4-14-12-16(10-11-17-14)9-7-5-6-8-15-13(2)3/h13-15H,4-12H2,1-3H3. The van der Waals surface area contributed by atoms with E-state index in [2.05, 4.69) is 42.7 Å². The number of hydrogen-bond donors (Lipinski definition) is 1. The molecule has 1 atom stereocenters. The van der Waals surface area contributed by atoms with E-state index in [9.17, 15) is 0 Å². The highest BCUT2D eigenvalue weighted by Crippen LogP contribution is 2.21. The molecule has 0 aromatic heterocycles. The van der Waals surface area contributed by atoms with Crippen molar-refractivity contribution >= 4 is 11.8 Å². The second-order valence-corrected chi connectivity index (χ2v) is 6.78. The van der Waals surface area contributed by atoms with Crippen LogP contribution in [0.5, 0.6) is 0 Å². The molecular weight excluding hydrogens is 228 g/mol. The molecule has 102 valence electrons. The van der Waals surface area contributed by atoms with Gasteiger partial charge in [0, 0.05) is 30.1 Å². The summed E-state index contributed by atoms with van der Waals surface area (Å²) in [6.45, 7) is 11.9. The summed E-state index contributed by atoms with van der Waals surface area (Å²) in [7, 11) is 0. The van der Waals surface area contributed by atoms with Crippen LogP contribution in [0.15, 0.2) is 0 Å². The number of unbranched alkanes of at least 4 members (excludes halogenated alkanes) is 2. The third kappa shape index (κ3) is 7.32. The molecule has 0 aromatic carbocycles. The van der Waals surface area contributed by atoms with Crippen molar-refractivity contribution in [2.24, 2.45) is 0 Å². The summed E-state index contributed by atoms with van der Waals surface area (Å²) in [5.74, 6) is 1.34. The second-order valence-electron chi connectivity index (χ2n) is 5.37. The highest BCUT2D eigenvalue weighted by Gasteiger charge is 2.17. The van der Waals surface area contributed by atoms with Crippen LogP contribution in [0.25, 0.3) is 0 Å². The molecule has 0 saturated carbocycles. The van der Waals surface area contributed by atoms with Crippen LogP contribution in [-0.2, 0) is 0 Å². The summed E-state index contributed by atoms with van der Waals surface area (Å²) >= 11 is 2.17. The molecule has 1 unspecified atom stereocenters. The van der Waals surface area contributed by atoms with Gasteiger partial charge in [0.15, 0.2) is 0 Å². The highest BCUT2D eigenvalue weighted by molar-refractivity contribution is 8.00. The molecule has 1 aliphatic heterocycles. The summed E-state index contributed by atoms with van der Waals surface area (Å²) in [5.41, 5.74) is 0. The van der Waals surface area contributed by atoms with E-state index < -0.39 is 0 Å². The van der Waals surface area contributed by atoms with Gasteiger partial charge in [-0.15, -0.1) is 0 Å². The van der Waals surface area contributed by atoms with Crippen molar-refractivity contribution in [3.05, 3.63) is 0 Å². The van der Waals surface area contributed by atoms with Crippen LogP contribution in [0.3, 0.4) is 0 Å². The second kappa shape index (κ2) is 9.23. The molecule has 0 spiro atoms. The summed E-state index contributed by atoms with van der Waals surface area (Å²) in [6.07, 6.45) is 5.42. The first-order valence-electron chi connectivity index (χ1n) is 7.29. The zero-order chi connectivity index (χ0) is 12.5. The Balaban J connectivity index is 1.95. The molecule has 0 aromatic rings. The van der Waals surface area contributed by atoms with Crippen LogP contribution in [0.2, 0.25) is 0 Å². The highest BCUT2D eigenvalue weighted by atomic mass is 32.2. The zero-order valence-electron chi connectivity index (χ0n) is 11.9. The van der Waals surface area contributed by atoms with E-state index in [1.807, 2.05) is 0 Å². The van der Waals surface area contributed by atoms with Crippen molar-refractivity contribution < 1.29 is 0 Å². The molecule has 1 rings (SSSR count).